The Hall–Kier alpha value is -1.73. The zero-order valence-corrected chi connectivity index (χ0v) is 10.8. The Labute approximate surface area is 103 Å². The minimum atomic E-state index is 0.0735. The smallest absolute Gasteiger partial charge is 0.101 e. The van der Waals surface area contributed by atoms with Gasteiger partial charge in [-0.1, -0.05) is 20.8 Å². The second-order valence-corrected chi connectivity index (χ2v) is 5.17. The first kappa shape index (κ1) is 13.3. The molecule has 0 aliphatic heterocycles. The van der Waals surface area contributed by atoms with Gasteiger partial charge in [-0.05, 0) is 23.6 Å². The zero-order chi connectivity index (χ0) is 13.1. The van der Waals surface area contributed by atoms with E-state index in [4.69, 9.17) is 15.8 Å². The Morgan fingerprint density at radius 3 is 2.53 bits per heavy atom. The number of hydrogen-bond donors (Lipinski definition) is 1. The third kappa shape index (κ3) is 3.65. The van der Waals surface area contributed by atoms with Crippen molar-refractivity contribution in [2.24, 2.45) is 5.41 Å². The van der Waals surface area contributed by atoms with Crippen molar-refractivity contribution >= 4 is 11.4 Å². The molecule has 0 amide bonds. The van der Waals surface area contributed by atoms with Crippen molar-refractivity contribution in [1.29, 1.82) is 5.26 Å². The van der Waals surface area contributed by atoms with Gasteiger partial charge in [0.25, 0.3) is 0 Å². The number of hydroxylamine groups is 1. The number of nitrogens with two attached hydrogens (primary N) is 1. The molecule has 0 atom stereocenters. The highest BCUT2D eigenvalue weighted by Gasteiger charge is 2.19. The molecule has 0 unspecified atom stereocenters. The van der Waals surface area contributed by atoms with Crippen molar-refractivity contribution in [3.05, 3.63) is 23.8 Å². The van der Waals surface area contributed by atoms with E-state index >= 15 is 0 Å². The first-order valence-electron chi connectivity index (χ1n) is 5.48. The minimum Gasteiger partial charge on any atom is -0.399 e. The van der Waals surface area contributed by atoms with Gasteiger partial charge in [0, 0.05) is 5.69 Å². The monoisotopic (exact) mass is 233 g/mol. The summed E-state index contributed by atoms with van der Waals surface area (Å²) < 4.78 is 0. The van der Waals surface area contributed by atoms with Crippen LogP contribution in [-0.2, 0) is 4.84 Å². The fourth-order valence-corrected chi connectivity index (χ4v) is 1.54. The molecule has 0 spiro atoms. The lowest BCUT2D eigenvalue weighted by atomic mass is 9.96. The number of nitriles is 1. The Morgan fingerprint density at radius 2 is 2.06 bits per heavy atom. The molecule has 0 aliphatic carbocycles. The Balaban J connectivity index is 3.08. The normalized spacial score (nSPS) is 11.0. The van der Waals surface area contributed by atoms with Crippen LogP contribution in [0.2, 0.25) is 0 Å². The zero-order valence-electron chi connectivity index (χ0n) is 10.8. The molecule has 0 heterocycles. The first-order chi connectivity index (χ1) is 7.87. The van der Waals surface area contributed by atoms with Gasteiger partial charge in [-0.3, -0.25) is 9.90 Å². The SMILES string of the molecule is CON(CC(C)(C)C)c1ccc(N)cc1C#N. The summed E-state index contributed by atoms with van der Waals surface area (Å²) in [5, 5.41) is 10.8. The number of nitrogens with zero attached hydrogens (tertiary/aromatic N) is 2. The van der Waals surface area contributed by atoms with Gasteiger partial charge >= 0.3 is 0 Å². The van der Waals surface area contributed by atoms with Gasteiger partial charge in [-0.25, -0.2) is 0 Å². The average molecular weight is 233 g/mol. The van der Waals surface area contributed by atoms with Gasteiger partial charge < -0.3 is 5.73 Å². The maximum Gasteiger partial charge on any atom is 0.101 e. The maximum absolute atomic E-state index is 9.10. The fraction of sp³-hybridized carbons (Fsp3) is 0.462. The molecule has 1 aromatic rings. The van der Waals surface area contributed by atoms with E-state index in [0.717, 1.165) is 5.69 Å². The lowest BCUT2D eigenvalue weighted by molar-refractivity contribution is 0.141. The lowest BCUT2D eigenvalue weighted by Crippen LogP contribution is -2.32. The third-order valence-corrected chi connectivity index (χ3v) is 2.25. The standard InChI is InChI=1S/C13H19N3O/c1-13(2,3)9-16(17-4)12-6-5-11(15)7-10(12)8-14/h5-7H,9,15H2,1-4H3. The molecule has 0 aliphatic rings. The lowest BCUT2D eigenvalue weighted by Gasteiger charge is -2.30. The largest absolute Gasteiger partial charge is 0.399 e. The summed E-state index contributed by atoms with van der Waals surface area (Å²) in [6, 6.07) is 7.37. The van der Waals surface area contributed by atoms with E-state index in [1.54, 1.807) is 24.3 Å². The summed E-state index contributed by atoms with van der Waals surface area (Å²) in [7, 11) is 1.60. The highest BCUT2D eigenvalue weighted by molar-refractivity contribution is 5.63. The molecule has 17 heavy (non-hydrogen) atoms. The van der Waals surface area contributed by atoms with Crippen LogP contribution in [-0.4, -0.2) is 13.7 Å². The van der Waals surface area contributed by atoms with Crippen LogP contribution in [0.5, 0.6) is 0 Å². The predicted molar refractivity (Wildman–Crippen MR) is 69.4 cm³/mol. The van der Waals surface area contributed by atoms with E-state index < -0.39 is 0 Å². The predicted octanol–water partition coefficient (Wildman–Crippen LogP) is 2.55. The molecule has 0 saturated heterocycles. The Morgan fingerprint density at radius 1 is 1.41 bits per heavy atom. The molecule has 1 rings (SSSR count). The molecule has 0 saturated carbocycles. The maximum atomic E-state index is 9.10. The van der Waals surface area contributed by atoms with Crippen molar-refractivity contribution in [1.82, 2.24) is 0 Å². The molecule has 0 bridgehead atoms. The van der Waals surface area contributed by atoms with Crippen LogP contribution in [0.25, 0.3) is 0 Å². The van der Waals surface area contributed by atoms with Crippen LogP contribution in [0.1, 0.15) is 26.3 Å². The number of nitrogen functional groups attached to an aromatic ring is 1. The average Bonchev–Trinajstić information content (AvgIpc) is 2.24. The van der Waals surface area contributed by atoms with E-state index in [1.807, 2.05) is 6.07 Å². The summed E-state index contributed by atoms with van der Waals surface area (Å²) in [6.07, 6.45) is 0. The summed E-state index contributed by atoms with van der Waals surface area (Å²) in [6.45, 7) is 7.04. The molecule has 0 radical (unpaired) electrons. The van der Waals surface area contributed by atoms with Gasteiger partial charge in [0.1, 0.15) is 6.07 Å². The van der Waals surface area contributed by atoms with E-state index in [9.17, 15) is 0 Å². The van der Waals surface area contributed by atoms with Gasteiger partial charge in [0.2, 0.25) is 0 Å². The highest BCUT2D eigenvalue weighted by Crippen LogP contribution is 2.26. The third-order valence-electron chi connectivity index (χ3n) is 2.25. The molecular formula is C13H19N3O. The van der Waals surface area contributed by atoms with Crippen LogP contribution in [0.3, 0.4) is 0 Å². The number of hydrogen-bond acceptors (Lipinski definition) is 4. The highest BCUT2D eigenvalue weighted by atomic mass is 16.7. The second-order valence-electron chi connectivity index (χ2n) is 5.17. The van der Waals surface area contributed by atoms with Crippen LogP contribution in [0.4, 0.5) is 11.4 Å². The van der Waals surface area contributed by atoms with Gasteiger partial charge in [-0.2, -0.15) is 5.26 Å². The summed E-state index contributed by atoms with van der Waals surface area (Å²) in [5.41, 5.74) is 7.59. The second kappa shape index (κ2) is 5.07. The van der Waals surface area contributed by atoms with Crippen LogP contribution >= 0.6 is 0 Å². The number of benzene rings is 1. The van der Waals surface area contributed by atoms with E-state index in [0.29, 0.717) is 17.8 Å². The molecular weight excluding hydrogens is 214 g/mol. The topological polar surface area (TPSA) is 62.3 Å². The van der Waals surface area contributed by atoms with Crippen LogP contribution < -0.4 is 10.8 Å². The molecule has 0 aromatic heterocycles. The van der Waals surface area contributed by atoms with Gasteiger partial charge in [0.15, 0.2) is 0 Å². The van der Waals surface area contributed by atoms with E-state index in [-0.39, 0.29) is 5.41 Å². The molecule has 2 N–H and O–H groups in total. The number of rotatable bonds is 3. The molecule has 4 heteroatoms. The molecule has 0 fully saturated rings. The quantitative estimate of drug-likeness (QED) is 0.643. The molecule has 92 valence electrons. The van der Waals surface area contributed by atoms with Crippen molar-refractivity contribution in [2.75, 3.05) is 24.5 Å². The summed E-state index contributed by atoms with van der Waals surface area (Å²) in [5.74, 6) is 0. The fourth-order valence-electron chi connectivity index (χ4n) is 1.54. The minimum absolute atomic E-state index is 0.0735. The first-order valence-corrected chi connectivity index (χ1v) is 5.48. The van der Waals surface area contributed by atoms with Crippen molar-refractivity contribution in [3.8, 4) is 6.07 Å². The van der Waals surface area contributed by atoms with Crippen LogP contribution in [0.15, 0.2) is 18.2 Å². The molecule has 1 aromatic carbocycles. The van der Waals surface area contributed by atoms with Gasteiger partial charge in [0.05, 0.1) is 24.9 Å². The Kier molecular flexibility index (Phi) is 3.97. The van der Waals surface area contributed by atoms with Crippen molar-refractivity contribution in [2.45, 2.75) is 20.8 Å². The summed E-state index contributed by atoms with van der Waals surface area (Å²) >= 11 is 0. The van der Waals surface area contributed by atoms with E-state index in [2.05, 4.69) is 26.8 Å². The van der Waals surface area contributed by atoms with Crippen molar-refractivity contribution < 1.29 is 4.84 Å². The molecule has 4 nitrogen and oxygen atoms in total. The van der Waals surface area contributed by atoms with Crippen LogP contribution in [0, 0.1) is 16.7 Å². The van der Waals surface area contributed by atoms with E-state index in [1.165, 1.54) is 0 Å². The van der Waals surface area contributed by atoms with Gasteiger partial charge in [-0.15, -0.1) is 0 Å². The Bertz CT molecular complexity index is 429. The number of anilines is 2. The van der Waals surface area contributed by atoms with Crippen molar-refractivity contribution in [3.63, 3.8) is 0 Å². The summed E-state index contributed by atoms with van der Waals surface area (Å²) in [4.78, 5) is 5.34.